The zero-order chi connectivity index (χ0) is 15.1. The number of aryl methyl sites for hydroxylation is 1. The Bertz CT molecular complexity index is 449. The van der Waals surface area contributed by atoms with Gasteiger partial charge >= 0.3 is 0 Å². The average molecular weight is 313 g/mol. The molecule has 2 heterocycles. The highest BCUT2D eigenvalue weighted by Crippen LogP contribution is 2.18. The molecule has 1 aromatic rings. The van der Waals surface area contributed by atoms with E-state index in [4.69, 9.17) is 14.6 Å². The third kappa shape index (κ3) is 4.78. The van der Waals surface area contributed by atoms with Gasteiger partial charge < -0.3 is 19.9 Å². The molecule has 1 aromatic heterocycles. The zero-order valence-corrected chi connectivity index (χ0v) is 13.2. The molecule has 0 aromatic carbocycles. The SMILES string of the molecule is CCCc1cc(C(=O)N[C@@H]2CCOC[C@H]2OCCO)cs1. The molecule has 0 aliphatic carbocycles. The van der Waals surface area contributed by atoms with Crippen LogP contribution in [0.15, 0.2) is 11.4 Å². The van der Waals surface area contributed by atoms with Crippen molar-refractivity contribution in [2.75, 3.05) is 26.4 Å². The standard InChI is InChI=1S/C15H23NO4S/c1-2-3-12-8-11(10-21-12)15(18)16-13-4-6-19-9-14(13)20-7-5-17/h8,10,13-14,17H,2-7,9H2,1H3,(H,16,18)/t13-,14-/m1/s1. The van der Waals surface area contributed by atoms with Crippen molar-refractivity contribution in [2.45, 2.75) is 38.3 Å². The minimum atomic E-state index is -0.191. The Morgan fingerprint density at radius 1 is 1.62 bits per heavy atom. The second-order valence-corrected chi connectivity index (χ2v) is 6.12. The third-order valence-electron chi connectivity index (χ3n) is 3.46. The number of carbonyl (C=O) groups is 1. The van der Waals surface area contributed by atoms with Crippen LogP contribution >= 0.6 is 11.3 Å². The normalized spacial score (nSPS) is 22.2. The van der Waals surface area contributed by atoms with E-state index < -0.39 is 0 Å². The van der Waals surface area contributed by atoms with Gasteiger partial charge in [0.2, 0.25) is 0 Å². The molecule has 2 atom stereocenters. The zero-order valence-electron chi connectivity index (χ0n) is 12.3. The summed E-state index contributed by atoms with van der Waals surface area (Å²) in [4.78, 5) is 13.5. The van der Waals surface area contributed by atoms with E-state index in [1.807, 2.05) is 11.4 Å². The number of aliphatic hydroxyl groups is 1. The van der Waals surface area contributed by atoms with Crippen LogP contribution in [0.25, 0.3) is 0 Å². The molecule has 1 aliphatic rings. The van der Waals surface area contributed by atoms with Crippen LogP contribution in [0.5, 0.6) is 0 Å². The van der Waals surface area contributed by atoms with Crippen LogP contribution in [-0.2, 0) is 15.9 Å². The van der Waals surface area contributed by atoms with E-state index in [0.29, 0.717) is 13.2 Å². The van der Waals surface area contributed by atoms with E-state index in [-0.39, 0.29) is 31.3 Å². The van der Waals surface area contributed by atoms with Crippen molar-refractivity contribution in [3.63, 3.8) is 0 Å². The highest BCUT2D eigenvalue weighted by Gasteiger charge is 2.28. The maximum atomic E-state index is 12.3. The molecule has 0 saturated carbocycles. The summed E-state index contributed by atoms with van der Waals surface area (Å²) >= 11 is 1.63. The molecule has 6 heteroatoms. The fourth-order valence-electron chi connectivity index (χ4n) is 2.37. The largest absolute Gasteiger partial charge is 0.394 e. The Hall–Kier alpha value is -0.950. The summed E-state index contributed by atoms with van der Waals surface area (Å²) in [6, 6.07) is 1.90. The van der Waals surface area contributed by atoms with E-state index in [0.717, 1.165) is 24.8 Å². The van der Waals surface area contributed by atoms with Gasteiger partial charge in [0.1, 0.15) is 6.10 Å². The molecule has 21 heavy (non-hydrogen) atoms. The van der Waals surface area contributed by atoms with Crippen LogP contribution in [0.1, 0.15) is 35.0 Å². The van der Waals surface area contributed by atoms with E-state index in [1.165, 1.54) is 4.88 Å². The van der Waals surface area contributed by atoms with Gasteiger partial charge in [-0.3, -0.25) is 4.79 Å². The number of thiophene rings is 1. The van der Waals surface area contributed by atoms with Crippen molar-refractivity contribution >= 4 is 17.2 Å². The summed E-state index contributed by atoms with van der Waals surface area (Å²) in [5.74, 6) is -0.0573. The minimum absolute atomic E-state index is 0.0257. The Balaban J connectivity index is 1.92. The summed E-state index contributed by atoms with van der Waals surface area (Å²) in [6.45, 7) is 3.44. The Morgan fingerprint density at radius 2 is 2.48 bits per heavy atom. The molecule has 2 rings (SSSR count). The van der Waals surface area contributed by atoms with Gasteiger partial charge in [-0.1, -0.05) is 13.3 Å². The molecule has 5 nitrogen and oxygen atoms in total. The van der Waals surface area contributed by atoms with E-state index in [9.17, 15) is 4.79 Å². The van der Waals surface area contributed by atoms with Crippen molar-refractivity contribution in [3.05, 3.63) is 21.9 Å². The van der Waals surface area contributed by atoms with Crippen molar-refractivity contribution in [1.29, 1.82) is 0 Å². The van der Waals surface area contributed by atoms with E-state index >= 15 is 0 Å². The fraction of sp³-hybridized carbons (Fsp3) is 0.667. The van der Waals surface area contributed by atoms with Gasteiger partial charge in [-0.25, -0.2) is 0 Å². The molecule has 1 aliphatic heterocycles. The van der Waals surface area contributed by atoms with Gasteiger partial charge in [-0.2, -0.15) is 0 Å². The molecule has 1 saturated heterocycles. The lowest BCUT2D eigenvalue weighted by Gasteiger charge is -2.31. The van der Waals surface area contributed by atoms with Crippen LogP contribution in [0, 0.1) is 0 Å². The molecule has 0 unspecified atom stereocenters. The molecular formula is C15H23NO4S. The molecule has 0 spiro atoms. The van der Waals surface area contributed by atoms with Crippen molar-refractivity contribution in [2.24, 2.45) is 0 Å². The van der Waals surface area contributed by atoms with Gasteiger partial charge in [0.05, 0.1) is 31.4 Å². The molecule has 1 fully saturated rings. The van der Waals surface area contributed by atoms with Crippen LogP contribution in [0.4, 0.5) is 0 Å². The quantitative estimate of drug-likeness (QED) is 0.802. The second-order valence-electron chi connectivity index (χ2n) is 5.13. The number of aliphatic hydroxyl groups excluding tert-OH is 1. The maximum absolute atomic E-state index is 12.3. The molecule has 0 radical (unpaired) electrons. The van der Waals surface area contributed by atoms with Gasteiger partial charge in [0.15, 0.2) is 0 Å². The number of amides is 1. The minimum Gasteiger partial charge on any atom is -0.394 e. The summed E-state index contributed by atoms with van der Waals surface area (Å²) in [5.41, 5.74) is 0.718. The summed E-state index contributed by atoms with van der Waals surface area (Å²) < 4.78 is 10.9. The second kappa shape index (κ2) is 8.48. The maximum Gasteiger partial charge on any atom is 0.252 e. The Morgan fingerprint density at radius 3 is 3.24 bits per heavy atom. The monoisotopic (exact) mass is 313 g/mol. The lowest BCUT2D eigenvalue weighted by atomic mass is 10.1. The third-order valence-corrected chi connectivity index (χ3v) is 4.45. The van der Waals surface area contributed by atoms with Crippen LogP contribution in [-0.4, -0.2) is 49.6 Å². The predicted molar refractivity (Wildman–Crippen MR) is 81.8 cm³/mol. The lowest BCUT2D eigenvalue weighted by Crippen LogP contribution is -2.50. The number of hydrogen-bond donors (Lipinski definition) is 2. The van der Waals surface area contributed by atoms with Gasteiger partial charge in [-0.15, -0.1) is 11.3 Å². The van der Waals surface area contributed by atoms with Gasteiger partial charge in [0, 0.05) is 16.9 Å². The van der Waals surface area contributed by atoms with Gasteiger partial charge in [0.25, 0.3) is 5.91 Å². The van der Waals surface area contributed by atoms with Gasteiger partial charge in [-0.05, 0) is 18.9 Å². The van der Waals surface area contributed by atoms with E-state index in [2.05, 4.69) is 12.2 Å². The molecule has 0 bridgehead atoms. The molecule has 2 N–H and O–H groups in total. The van der Waals surface area contributed by atoms with Crippen molar-refractivity contribution in [1.82, 2.24) is 5.32 Å². The number of hydrogen-bond acceptors (Lipinski definition) is 5. The first-order valence-corrected chi connectivity index (χ1v) is 8.31. The first kappa shape index (κ1) is 16.4. The number of rotatable bonds is 7. The first-order valence-electron chi connectivity index (χ1n) is 7.43. The highest BCUT2D eigenvalue weighted by atomic mass is 32.1. The predicted octanol–water partition coefficient (Wildman–Crippen LogP) is 1.60. The number of nitrogens with one attached hydrogen (secondary N) is 1. The van der Waals surface area contributed by atoms with Crippen molar-refractivity contribution in [3.8, 4) is 0 Å². The average Bonchev–Trinajstić information content (AvgIpc) is 2.95. The van der Waals surface area contributed by atoms with Crippen molar-refractivity contribution < 1.29 is 19.4 Å². The number of carbonyl (C=O) groups excluding carboxylic acids is 1. The Kier molecular flexibility index (Phi) is 6.63. The summed E-state index contributed by atoms with van der Waals surface area (Å²) in [5, 5.41) is 13.8. The lowest BCUT2D eigenvalue weighted by molar-refractivity contribution is -0.0737. The first-order chi connectivity index (χ1) is 10.2. The highest BCUT2D eigenvalue weighted by molar-refractivity contribution is 7.10. The summed E-state index contributed by atoms with van der Waals surface area (Å²) in [6.07, 6.45) is 2.63. The number of ether oxygens (including phenoxy) is 2. The van der Waals surface area contributed by atoms with Crippen LogP contribution < -0.4 is 5.32 Å². The summed E-state index contributed by atoms with van der Waals surface area (Å²) in [7, 11) is 0. The van der Waals surface area contributed by atoms with Crippen LogP contribution in [0.3, 0.4) is 0 Å². The smallest absolute Gasteiger partial charge is 0.252 e. The Labute approximate surface area is 129 Å². The molecule has 118 valence electrons. The fourth-order valence-corrected chi connectivity index (χ4v) is 3.34. The molecule has 1 amide bonds. The van der Waals surface area contributed by atoms with Crippen LogP contribution in [0.2, 0.25) is 0 Å². The van der Waals surface area contributed by atoms with E-state index in [1.54, 1.807) is 11.3 Å². The molecular weight excluding hydrogens is 290 g/mol. The topological polar surface area (TPSA) is 67.8 Å².